The summed E-state index contributed by atoms with van der Waals surface area (Å²) in [6.45, 7) is 5.00. The van der Waals surface area contributed by atoms with E-state index in [2.05, 4.69) is 16.2 Å². The van der Waals surface area contributed by atoms with Crippen LogP contribution in [-0.4, -0.2) is 45.0 Å². The predicted molar refractivity (Wildman–Crippen MR) is 120 cm³/mol. The minimum absolute atomic E-state index is 0.0366. The first-order chi connectivity index (χ1) is 15.7. The van der Waals surface area contributed by atoms with Crippen LogP contribution in [0.15, 0.2) is 35.0 Å². The molecule has 1 unspecified atom stereocenters. The summed E-state index contributed by atoms with van der Waals surface area (Å²) < 4.78 is 19.7. The standard InChI is InChI=1S/C25H25FN4O3/c1-15-24(16(2)33-29-15)17-4-5-21-20(12-17)19(9-11-28-21)22(31)6-7-23(32)30-14-25(3,26)10-8-18(30)13-27/h4-5,9,11-12,18H,6-8,10,14H2,1-3H3/t18-,25?/m0/s1. The lowest BCUT2D eigenvalue weighted by atomic mass is 9.91. The molecule has 0 bridgehead atoms. The number of nitriles is 1. The number of carbonyl (C=O) groups is 2. The summed E-state index contributed by atoms with van der Waals surface area (Å²) in [5.41, 5.74) is 2.09. The smallest absolute Gasteiger partial charge is 0.224 e. The van der Waals surface area contributed by atoms with Gasteiger partial charge in [-0.3, -0.25) is 14.6 Å². The number of hydrogen-bond acceptors (Lipinski definition) is 6. The van der Waals surface area contributed by atoms with Crippen molar-refractivity contribution in [2.75, 3.05) is 6.54 Å². The molecule has 170 valence electrons. The highest BCUT2D eigenvalue weighted by Crippen LogP contribution is 2.31. The average Bonchev–Trinajstić information content (AvgIpc) is 3.13. The van der Waals surface area contributed by atoms with Crippen LogP contribution in [0.1, 0.15) is 54.4 Å². The summed E-state index contributed by atoms with van der Waals surface area (Å²) in [7, 11) is 0. The summed E-state index contributed by atoms with van der Waals surface area (Å²) in [6.07, 6.45) is 1.98. The van der Waals surface area contributed by atoms with Crippen LogP contribution in [0.4, 0.5) is 4.39 Å². The Labute approximate surface area is 191 Å². The summed E-state index contributed by atoms with van der Waals surface area (Å²) in [4.78, 5) is 31.5. The molecule has 8 heteroatoms. The number of pyridine rings is 1. The fourth-order valence-electron chi connectivity index (χ4n) is 4.47. The first kappa shape index (κ1) is 22.6. The van der Waals surface area contributed by atoms with Crippen molar-refractivity contribution in [3.05, 3.63) is 47.5 Å². The third kappa shape index (κ3) is 4.49. The molecule has 1 aliphatic rings. The molecule has 1 aliphatic heterocycles. The number of piperidine rings is 1. The van der Waals surface area contributed by atoms with Gasteiger partial charge in [-0.1, -0.05) is 11.2 Å². The number of nitrogens with zero attached hydrogens (tertiary/aromatic N) is 4. The second-order valence-corrected chi connectivity index (χ2v) is 8.83. The van der Waals surface area contributed by atoms with Crippen molar-refractivity contribution in [3.8, 4) is 17.2 Å². The lowest BCUT2D eigenvalue weighted by Gasteiger charge is -2.38. The minimum Gasteiger partial charge on any atom is -0.361 e. The number of alkyl halides is 1. The number of halogens is 1. The van der Waals surface area contributed by atoms with Gasteiger partial charge in [-0.05, 0) is 57.4 Å². The predicted octanol–water partition coefficient (Wildman–Crippen LogP) is 4.71. The van der Waals surface area contributed by atoms with Crippen LogP contribution in [0, 0.1) is 25.2 Å². The Morgan fingerprint density at radius 3 is 2.79 bits per heavy atom. The van der Waals surface area contributed by atoms with Crippen molar-refractivity contribution >= 4 is 22.6 Å². The summed E-state index contributed by atoms with van der Waals surface area (Å²) in [6, 6.07) is 8.69. The van der Waals surface area contributed by atoms with Crippen LogP contribution in [0.5, 0.6) is 0 Å². The van der Waals surface area contributed by atoms with Crippen molar-refractivity contribution in [2.24, 2.45) is 0 Å². The molecule has 7 nitrogen and oxygen atoms in total. The minimum atomic E-state index is -1.52. The van der Waals surface area contributed by atoms with E-state index in [0.29, 0.717) is 28.6 Å². The molecule has 0 N–H and O–H groups in total. The maximum absolute atomic E-state index is 14.5. The van der Waals surface area contributed by atoms with Gasteiger partial charge in [0.2, 0.25) is 5.91 Å². The van der Waals surface area contributed by atoms with Gasteiger partial charge < -0.3 is 9.42 Å². The van der Waals surface area contributed by atoms with E-state index in [9.17, 15) is 19.2 Å². The molecular weight excluding hydrogens is 423 g/mol. The Hall–Kier alpha value is -3.60. The van der Waals surface area contributed by atoms with Crippen molar-refractivity contribution in [1.29, 1.82) is 5.26 Å². The molecule has 0 radical (unpaired) electrons. The molecule has 0 spiro atoms. The van der Waals surface area contributed by atoms with Crippen molar-refractivity contribution in [3.63, 3.8) is 0 Å². The van der Waals surface area contributed by atoms with Gasteiger partial charge in [-0.15, -0.1) is 0 Å². The molecule has 4 rings (SSSR count). The molecular formula is C25H25FN4O3. The highest BCUT2D eigenvalue weighted by Gasteiger charge is 2.38. The summed E-state index contributed by atoms with van der Waals surface area (Å²) in [5.74, 6) is 0.0936. The Bertz CT molecular complexity index is 1250. The largest absolute Gasteiger partial charge is 0.361 e. The summed E-state index contributed by atoms with van der Waals surface area (Å²) in [5, 5.41) is 14.0. The van der Waals surface area contributed by atoms with E-state index < -0.39 is 11.7 Å². The zero-order valence-electron chi connectivity index (χ0n) is 18.9. The number of carbonyl (C=O) groups excluding carboxylic acids is 2. The fraction of sp³-hybridized carbons (Fsp3) is 0.400. The lowest BCUT2D eigenvalue weighted by Crippen LogP contribution is -2.51. The zero-order valence-corrected chi connectivity index (χ0v) is 18.9. The molecule has 1 amide bonds. The van der Waals surface area contributed by atoms with Crippen molar-refractivity contribution in [2.45, 2.75) is 58.2 Å². The number of fused-ring (bicyclic) bond motifs is 1. The number of likely N-dealkylation sites (tertiary alicyclic amines) is 1. The molecule has 0 saturated carbocycles. The zero-order chi connectivity index (χ0) is 23.8. The molecule has 1 saturated heterocycles. The van der Waals surface area contributed by atoms with Crippen LogP contribution < -0.4 is 0 Å². The molecule has 2 atom stereocenters. The molecule has 1 aromatic carbocycles. The topological polar surface area (TPSA) is 100 Å². The van der Waals surface area contributed by atoms with Crippen LogP contribution in [-0.2, 0) is 4.79 Å². The molecule has 3 heterocycles. The molecule has 1 fully saturated rings. The number of aryl methyl sites for hydroxylation is 2. The Morgan fingerprint density at radius 2 is 2.09 bits per heavy atom. The van der Waals surface area contributed by atoms with E-state index >= 15 is 0 Å². The third-order valence-corrected chi connectivity index (χ3v) is 6.21. The molecule has 2 aromatic heterocycles. The molecule has 3 aromatic rings. The van der Waals surface area contributed by atoms with Crippen LogP contribution in [0.2, 0.25) is 0 Å². The van der Waals surface area contributed by atoms with Crippen molar-refractivity contribution in [1.82, 2.24) is 15.0 Å². The Balaban J connectivity index is 1.56. The second kappa shape index (κ2) is 8.74. The van der Waals surface area contributed by atoms with E-state index in [4.69, 9.17) is 4.52 Å². The SMILES string of the molecule is Cc1noc(C)c1-c1ccc2nccc(C(=O)CCC(=O)N3CC(C)(F)CC[C@H]3C#N)c2c1. The van der Waals surface area contributed by atoms with E-state index in [1.807, 2.05) is 32.0 Å². The van der Waals surface area contributed by atoms with Gasteiger partial charge >= 0.3 is 0 Å². The maximum Gasteiger partial charge on any atom is 0.224 e. The van der Waals surface area contributed by atoms with Gasteiger partial charge in [0.1, 0.15) is 17.5 Å². The van der Waals surface area contributed by atoms with Gasteiger partial charge in [0.15, 0.2) is 5.78 Å². The highest BCUT2D eigenvalue weighted by molar-refractivity contribution is 6.08. The van der Waals surface area contributed by atoms with Gasteiger partial charge in [-0.2, -0.15) is 5.26 Å². The number of aromatic nitrogens is 2. The normalized spacial score (nSPS) is 20.6. The number of benzene rings is 1. The fourth-order valence-corrected chi connectivity index (χ4v) is 4.47. The van der Waals surface area contributed by atoms with Gasteiger partial charge in [-0.25, -0.2) is 4.39 Å². The monoisotopic (exact) mass is 448 g/mol. The highest BCUT2D eigenvalue weighted by atomic mass is 19.1. The first-order valence-electron chi connectivity index (χ1n) is 10.9. The van der Waals surface area contributed by atoms with Crippen molar-refractivity contribution < 1.29 is 18.5 Å². The van der Waals surface area contributed by atoms with E-state index in [1.165, 1.54) is 11.8 Å². The number of Topliss-reactive ketones (excluding diaryl/α,β-unsaturated/α-hetero) is 1. The number of ketones is 1. The van der Waals surface area contributed by atoms with Gasteiger partial charge in [0.25, 0.3) is 0 Å². The quantitative estimate of drug-likeness (QED) is 0.524. The van der Waals surface area contributed by atoms with E-state index in [0.717, 1.165) is 16.8 Å². The summed E-state index contributed by atoms with van der Waals surface area (Å²) >= 11 is 0. The van der Waals surface area contributed by atoms with Crippen LogP contribution in [0.25, 0.3) is 22.0 Å². The maximum atomic E-state index is 14.5. The van der Waals surface area contributed by atoms with Crippen LogP contribution >= 0.6 is 0 Å². The number of amides is 1. The molecule has 33 heavy (non-hydrogen) atoms. The molecule has 0 aliphatic carbocycles. The average molecular weight is 448 g/mol. The Morgan fingerprint density at radius 1 is 1.30 bits per heavy atom. The Kier molecular flexibility index (Phi) is 5.98. The van der Waals surface area contributed by atoms with Gasteiger partial charge in [0, 0.05) is 35.6 Å². The van der Waals surface area contributed by atoms with E-state index in [-0.39, 0.29) is 37.5 Å². The van der Waals surface area contributed by atoms with Gasteiger partial charge in [0.05, 0.1) is 23.8 Å². The number of hydrogen-bond donors (Lipinski definition) is 0. The first-order valence-corrected chi connectivity index (χ1v) is 10.9. The second-order valence-electron chi connectivity index (χ2n) is 8.83. The third-order valence-electron chi connectivity index (χ3n) is 6.21. The van der Waals surface area contributed by atoms with E-state index in [1.54, 1.807) is 12.3 Å². The van der Waals surface area contributed by atoms with Crippen LogP contribution in [0.3, 0.4) is 0 Å². The lowest BCUT2D eigenvalue weighted by molar-refractivity contribution is -0.137. The number of rotatable bonds is 5.